The van der Waals surface area contributed by atoms with Gasteiger partial charge in [0.1, 0.15) is 0 Å². The second-order valence-corrected chi connectivity index (χ2v) is 6.29. The quantitative estimate of drug-likeness (QED) is 0.796. The summed E-state index contributed by atoms with van der Waals surface area (Å²) in [7, 11) is 0. The summed E-state index contributed by atoms with van der Waals surface area (Å²) in [5.41, 5.74) is 2.19. The molecule has 1 aromatic carbocycles. The van der Waals surface area contributed by atoms with Crippen LogP contribution in [0.1, 0.15) is 24.0 Å². The van der Waals surface area contributed by atoms with E-state index in [0.717, 1.165) is 43.5 Å². The first-order valence-electron chi connectivity index (χ1n) is 6.98. The van der Waals surface area contributed by atoms with Crippen LogP contribution in [0, 0.1) is 5.92 Å². The van der Waals surface area contributed by atoms with Gasteiger partial charge in [0.15, 0.2) is 0 Å². The zero-order chi connectivity index (χ0) is 14.1. The zero-order valence-electron chi connectivity index (χ0n) is 11.2. The Hall–Kier alpha value is -0.770. The maximum atomic E-state index is 12.5. The third kappa shape index (κ3) is 2.80. The highest BCUT2D eigenvalue weighted by atomic mass is 35.5. The Labute approximate surface area is 128 Å². The Kier molecular flexibility index (Phi) is 4.20. The lowest BCUT2D eigenvalue weighted by Crippen LogP contribution is -2.42. The number of halogens is 2. The molecule has 3 nitrogen and oxygen atoms in total. The Morgan fingerprint density at radius 1 is 1.35 bits per heavy atom. The topological polar surface area (TPSA) is 29.5 Å². The minimum absolute atomic E-state index is 0.0105. The van der Waals surface area contributed by atoms with Gasteiger partial charge in [0.05, 0.1) is 12.5 Å². The summed E-state index contributed by atoms with van der Waals surface area (Å²) < 4.78 is 5.41. The van der Waals surface area contributed by atoms with Gasteiger partial charge < -0.3 is 9.64 Å². The van der Waals surface area contributed by atoms with Crippen molar-refractivity contribution in [2.75, 3.05) is 19.8 Å². The van der Waals surface area contributed by atoms with Crippen molar-refractivity contribution in [2.45, 2.75) is 25.8 Å². The number of nitrogens with zero attached hydrogens (tertiary/aromatic N) is 1. The van der Waals surface area contributed by atoms with Crippen molar-refractivity contribution in [2.24, 2.45) is 5.92 Å². The second kappa shape index (κ2) is 5.92. The van der Waals surface area contributed by atoms with Gasteiger partial charge in [-0.15, -0.1) is 0 Å². The molecule has 1 saturated heterocycles. The van der Waals surface area contributed by atoms with Crippen molar-refractivity contribution >= 4 is 29.1 Å². The van der Waals surface area contributed by atoms with Gasteiger partial charge in [-0.25, -0.2) is 0 Å². The van der Waals surface area contributed by atoms with E-state index in [2.05, 4.69) is 0 Å². The van der Waals surface area contributed by atoms with Crippen LogP contribution >= 0.6 is 23.2 Å². The maximum absolute atomic E-state index is 12.5. The van der Waals surface area contributed by atoms with E-state index in [1.807, 2.05) is 11.0 Å². The van der Waals surface area contributed by atoms with Crippen LogP contribution in [-0.2, 0) is 22.5 Å². The van der Waals surface area contributed by atoms with Gasteiger partial charge in [-0.05, 0) is 42.5 Å². The van der Waals surface area contributed by atoms with Crippen LogP contribution in [0.15, 0.2) is 12.1 Å². The Morgan fingerprint density at radius 2 is 2.20 bits per heavy atom. The molecule has 20 heavy (non-hydrogen) atoms. The Bertz CT molecular complexity index is 527. The molecule has 2 heterocycles. The molecule has 1 aromatic rings. The van der Waals surface area contributed by atoms with Crippen molar-refractivity contribution in [3.8, 4) is 0 Å². The van der Waals surface area contributed by atoms with Gasteiger partial charge in [0.2, 0.25) is 5.91 Å². The highest BCUT2D eigenvalue weighted by molar-refractivity contribution is 6.35. The van der Waals surface area contributed by atoms with E-state index in [4.69, 9.17) is 27.9 Å². The smallest absolute Gasteiger partial charge is 0.228 e. The summed E-state index contributed by atoms with van der Waals surface area (Å²) in [4.78, 5) is 14.4. The molecule has 5 heteroatoms. The van der Waals surface area contributed by atoms with E-state index in [1.54, 1.807) is 6.07 Å². The average molecular weight is 314 g/mol. The Morgan fingerprint density at radius 3 is 2.95 bits per heavy atom. The third-order valence-corrected chi connectivity index (χ3v) is 4.63. The minimum atomic E-state index is 0.0105. The molecule has 1 amide bonds. The normalized spacial score (nSPS) is 22.5. The van der Waals surface area contributed by atoms with Gasteiger partial charge in [-0.1, -0.05) is 23.2 Å². The highest BCUT2D eigenvalue weighted by Gasteiger charge is 2.29. The number of hydrogen-bond acceptors (Lipinski definition) is 2. The number of hydrogen-bond donors (Lipinski definition) is 0. The summed E-state index contributed by atoms with van der Waals surface area (Å²) in [6, 6.07) is 3.70. The van der Waals surface area contributed by atoms with Crippen LogP contribution in [0.4, 0.5) is 0 Å². The number of benzene rings is 1. The molecular weight excluding hydrogens is 297 g/mol. The summed E-state index contributed by atoms with van der Waals surface area (Å²) in [5, 5.41) is 1.32. The lowest BCUT2D eigenvalue weighted by molar-refractivity contribution is -0.140. The molecule has 0 radical (unpaired) electrons. The first-order chi connectivity index (χ1) is 9.65. The number of ether oxygens (including phenoxy) is 1. The lowest BCUT2D eigenvalue weighted by atomic mass is 9.96. The summed E-state index contributed by atoms with van der Waals surface area (Å²) in [6.45, 7) is 2.65. The molecule has 0 spiro atoms. The Balaban J connectivity index is 1.76. The van der Waals surface area contributed by atoms with Gasteiger partial charge >= 0.3 is 0 Å². The second-order valence-electron chi connectivity index (χ2n) is 5.45. The first-order valence-corrected chi connectivity index (χ1v) is 7.74. The molecule has 108 valence electrons. The zero-order valence-corrected chi connectivity index (χ0v) is 12.7. The molecule has 0 aromatic heterocycles. The van der Waals surface area contributed by atoms with Crippen LogP contribution in [0.5, 0.6) is 0 Å². The monoisotopic (exact) mass is 313 g/mol. The van der Waals surface area contributed by atoms with E-state index >= 15 is 0 Å². The summed E-state index contributed by atoms with van der Waals surface area (Å²) in [5.74, 6) is 0.206. The fourth-order valence-electron chi connectivity index (χ4n) is 2.96. The van der Waals surface area contributed by atoms with E-state index in [-0.39, 0.29) is 11.8 Å². The van der Waals surface area contributed by atoms with Crippen molar-refractivity contribution < 1.29 is 9.53 Å². The molecular formula is C15H17Cl2NO2. The number of fused-ring (bicyclic) bond motifs is 1. The predicted molar refractivity (Wildman–Crippen MR) is 79.1 cm³/mol. The first kappa shape index (κ1) is 14.2. The van der Waals surface area contributed by atoms with Gasteiger partial charge in [-0.2, -0.15) is 0 Å². The van der Waals surface area contributed by atoms with E-state index in [1.165, 1.54) is 0 Å². The third-order valence-electron chi connectivity index (χ3n) is 4.07. The highest BCUT2D eigenvalue weighted by Crippen LogP contribution is 2.31. The number of carbonyl (C=O) groups is 1. The van der Waals surface area contributed by atoms with Crippen LogP contribution in [0.2, 0.25) is 10.0 Å². The maximum Gasteiger partial charge on any atom is 0.228 e. The number of carbonyl (C=O) groups excluding carboxylic acids is 1. The minimum Gasteiger partial charge on any atom is -0.381 e. The van der Waals surface area contributed by atoms with E-state index < -0.39 is 0 Å². The van der Waals surface area contributed by atoms with Crippen molar-refractivity contribution in [1.29, 1.82) is 0 Å². The molecule has 0 aliphatic carbocycles. The van der Waals surface area contributed by atoms with Crippen LogP contribution in [0.3, 0.4) is 0 Å². The summed E-state index contributed by atoms with van der Waals surface area (Å²) >= 11 is 12.3. The van der Waals surface area contributed by atoms with Gasteiger partial charge in [0, 0.05) is 29.7 Å². The summed E-state index contributed by atoms with van der Waals surface area (Å²) in [6.07, 6.45) is 2.71. The van der Waals surface area contributed by atoms with Crippen molar-refractivity contribution in [3.05, 3.63) is 33.3 Å². The fourth-order valence-corrected chi connectivity index (χ4v) is 3.56. The molecule has 1 atom stereocenters. The van der Waals surface area contributed by atoms with Gasteiger partial charge in [0.25, 0.3) is 0 Å². The van der Waals surface area contributed by atoms with Crippen LogP contribution < -0.4 is 0 Å². The van der Waals surface area contributed by atoms with E-state index in [0.29, 0.717) is 23.2 Å². The SMILES string of the molecule is O=C(C1CCCOC1)N1CCc2cc(Cl)cc(Cl)c2C1. The molecule has 3 rings (SSSR count). The average Bonchev–Trinajstić information content (AvgIpc) is 2.47. The van der Waals surface area contributed by atoms with Crippen molar-refractivity contribution in [1.82, 2.24) is 4.90 Å². The van der Waals surface area contributed by atoms with Crippen LogP contribution in [0.25, 0.3) is 0 Å². The molecule has 0 bridgehead atoms. The molecule has 2 aliphatic heterocycles. The molecule has 0 saturated carbocycles. The lowest BCUT2D eigenvalue weighted by Gasteiger charge is -2.33. The van der Waals surface area contributed by atoms with E-state index in [9.17, 15) is 4.79 Å². The molecule has 1 unspecified atom stereocenters. The molecule has 0 N–H and O–H groups in total. The number of rotatable bonds is 1. The largest absolute Gasteiger partial charge is 0.381 e. The van der Waals surface area contributed by atoms with Crippen molar-refractivity contribution in [3.63, 3.8) is 0 Å². The van der Waals surface area contributed by atoms with Gasteiger partial charge in [-0.3, -0.25) is 4.79 Å². The standard InChI is InChI=1S/C15H17Cl2NO2/c16-12-6-10-3-4-18(8-13(10)14(17)7-12)15(19)11-2-1-5-20-9-11/h6-7,11H,1-5,8-9H2. The van der Waals surface area contributed by atoms with Crippen LogP contribution in [-0.4, -0.2) is 30.6 Å². The predicted octanol–water partition coefficient (Wildman–Crippen LogP) is 3.30. The number of amides is 1. The molecule has 1 fully saturated rings. The fraction of sp³-hybridized carbons (Fsp3) is 0.533. The molecule has 2 aliphatic rings.